The lowest BCUT2D eigenvalue weighted by atomic mass is 10.2. The van der Waals surface area contributed by atoms with Gasteiger partial charge in [0.2, 0.25) is 0 Å². The van der Waals surface area contributed by atoms with Crippen LogP contribution in [-0.2, 0) is 6.54 Å². The summed E-state index contributed by atoms with van der Waals surface area (Å²) in [5.74, 6) is 1.30. The molecule has 0 aliphatic heterocycles. The fraction of sp³-hybridized carbons (Fsp3) is 0.250. The van der Waals surface area contributed by atoms with Gasteiger partial charge in [-0.3, -0.25) is 0 Å². The van der Waals surface area contributed by atoms with Gasteiger partial charge in [-0.2, -0.15) is 0 Å². The lowest BCUT2D eigenvalue weighted by Crippen LogP contribution is -2.14. The van der Waals surface area contributed by atoms with Crippen LogP contribution in [0.15, 0.2) is 36.4 Å². The smallest absolute Gasteiger partial charge is 0.146 e. The molecule has 1 N–H and O–H groups in total. The van der Waals surface area contributed by atoms with Crippen molar-refractivity contribution in [3.05, 3.63) is 57.0 Å². The van der Waals surface area contributed by atoms with E-state index in [1.165, 1.54) is 0 Å². The minimum Gasteiger partial charge on any atom is -0.455 e. The molecule has 2 rings (SSSR count). The lowest BCUT2D eigenvalue weighted by Gasteiger charge is -2.13. The van der Waals surface area contributed by atoms with Crippen molar-refractivity contribution in [2.24, 2.45) is 0 Å². The van der Waals surface area contributed by atoms with E-state index in [9.17, 15) is 0 Å². The summed E-state index contributed by atoms with van der Waals surface area (Å²) in [6.07, 6.45) is 1.07. The van der Waals surface area contributed by atoms with Crippen LogP contribution < -0.4 is 10.1 Å². The molecule has 0 aliphatic carbocycles. The molecule has 2 aromatic carbocycles. The number of benzene rings is 2. The van der Waals surface area contributed by atoms with E-state index < -0.39 is 0 Å². The largest absolute Gasteiger partial charge is 0.455 e. The summed E-state index contributed by atoms with van der Waals surface area (Å²) in [5, 5.41) is 5.07. The summed E-state index contributed by atoms with van der Waals surface area (Å²) in [7, 11) is 0. The summed E-state index contributed by atoms with van der Waals surface area (Å²) in [5.41, 5.74) is 0.988. The van der Waals surface area contributed by atoms with E-state index in [1.807, 2.05) is 12.1 Å². The summed E-state index contributed by atoms with van der Waals surface area (Å²) in [6.45, 7) is 3.75. The molecule has 21 heavy (non-hydrogen) atoms. The van der Waals surface area contributed by atoms with Gasteiger partial charge in [0.1, 0.15) is 11.5 Å². The second-order valence-corrected chi connectivity index (χ2v) is 5.89. The van der Waals surface area contributed by atoms with E-state index >= 15 is 0 Å². The highest BCUT2D eigenvalue weighted by Gasteiger charge is 2.09. The maximum absolute atomic E-state index is 6.14. The quantitative estimate of drug-likeness (QED) is 0.655. The fourth-order valence-corrected chi connectivity index (χ4v) is 2.50. The van der Waals surface area contributed by atoms with E-state index in [0.717, 1.165) is 24.3 Å². The van der Waals surface area contributed by atoms with Crippen LogP contribution in [-0.4, -0.2) is 6.54 Å². The number of ether oxygens (including phenoxy) is 1. The van der Waals surface area contributed by atoms with Crippen LogP contribution in [0.1, 0.15) is 18.9 Å². The average molecular weight is 345 g/mol. The van der Waals surface area contributed by atoms with Crippen molar-refractivity contribution in [3.63, 3.8) is 0 Å². The number of hydrogen-bond donors (Lipinski definition) is 1. The molecule has 5 heteroatoms. The van der Waals surface area contributed by atoms with Gasteiger partial charge in [-0.05, 0) is 49.4 Å². The number of rotatable bonds is 6. The molecule has 0 aromatic heterocycles. The molecule has 0 radical (unpaired) electrons. The van der Waals surface area contributed by atoms with Gasteiger partial charge in [0.15, 0.2) is 0 Å². The molecule has 0 bridgehead atoms. The third-order valence-electron chi connectivity index (χ3n) is 2.88. The van der Waals surface area contributed by atoms with Crippen molar-refractivity contribution in [1.29, 1.82) is 0 Å². The van der Waals surface area contributed by atoms with Crippen LogP contribution in [0.25, 0.3) is 0 Å². The van der Waals surface area contributed by atoms with Gasteiger partial charge in [-0.1, -0.05) is 41.7 Å². The van der Waals surface area contributed by atoms with Gasteiger partial charge < -0.3 is 10.1 Å². The zero-order valence-electron chi connectivity index (χ0n) is 11.6. The summed E-state index contributed by atoms with van der Waals surface area (Å²) in [6, 6.07) is 10.7. The molecule has 112 valence electrons. The molecule has 0 fully saturated rings. The Bertz CT molecular complexity index is 616. The molecule has 0 spiro atoms. The summed E-state index contributed by atoms with van der Waals surface area (Å²) >= 11 is 18.1. The van der Waals surface area contributed by atoms with Crippen LogP contribution in [0.5, 0.6) is 11.5 Å². The first-order valence-corrected chi connectivity index (χ1v) is 7.85. The molecular formula is C16H16Cl3NO. The average Bonchev–Trinajstić information content (AvgIpc) is 2.44. The van der Waals surface area contributed by atoms with Crippen molar-refractivity contribution in [2.45, 2.75) is 19.9 Å². The second-order valence-electron chi connectivity index (χ2n) is 4.61. The molecule has 0 atom stereocenters. The highest BCUT2D eigenvalue weighted by molar-refractivity contribution is 6.35. The van der Waals surface area contributed by atoms with Crippen LogP contribution in [0.3, 0.4) is 0 Å². The fourth-order valence-electron chi connectivity index (χ4n) is 1.86. The maximum atomic E-state index is 6.14. The van der Waals surface area contributed by atoms with Crippen LogP contribution in [0, 0.1) is 0 Å². The summed E-state index contributed by atoms with van der Waals surface area (Å²) in [4.78, 5) is 0. The molecular weight excluding hydrogens is 329 g/mol. The van der Waals surface area contributed by atoms with E-state index in [4.69, 9.17) is 39.5 Å². The van der Waals surface area contributed by atoms with E-state index in [1.54, 1.807) is 24.3 Å². The number of nitrogens with one attached hydrogen (secondary N) is 1. The van der Waals surface area contributed by atoms with E-state index in [0.29, 0.717) is 27.4 Å². The predicted molar refractivity (Wildman–Crippen MR) is 90.0 cm³/mol. The van der Waals surface area contributed by atoms with Crippen molar-refractivity contribution in [1.82, 2.24) is 5.32 Å². The molecule has 2 nitrogen and oxygen atoms in total. The highest BCUT2D eigenvalue weighted by Crippen LogP contribution is 2.34. The van der Waals surface area contributed by atoms with Gasteiger partial charge >= 0.3 is 0 Å². The van der Waals surface area contributed by atoms with E-state index in [2.05, 4.69) is 12.2 Å². The first-order chi connectivity index (χ1) is 10.1. The van der Waals surface area contributed by atoms with Crippen molar-refractivity contribution >= 4 is 34.8 Å². The number of halogens is 3. The zero-order chi connectivity index (χ0) is 15.2. The van der Waals surface area contributed by atoms with Crippen LogP contribution in [0.2, 0.25) is 15.1 Å². The molecule has 0 saturated carbocycles. The first kappa shape index (κ1) is 16.4. The standard InChI is InChI=1S/C16H16Cl3NO/c1-2-7-20-10-11-8-12(17)3-5-15(11)21-16-6-4-13(18)9-14(16)19/h3-6,8-9,20H,2,7,10H2,1H3. The van der Waals surface area contributed by atoms with Gasteiger partial charge in [-0.25, -0.2) is 0 Å². The third kappa shape index (κ3) is 4.79. The van der Waals surface area contributed by atoms with Crippen LogP contribution in [0.4, 0.5) is 0 Å². The highest BCUT2D eigenvalue weighted by atomic mass is 35.5. The van der Waals surface area contributed by atoms with Crippen molar-refractivity contribution in [2.75, 3.05) is 6.54 Å². The van der Waals surface area contributed by atoms with Gasteiger partial charge in [0.05, 0.1) is 5.02 Å². The Hall–Kier alpha value is -0.930. The van der Waals surface area contributed by atoms with Gasteiger partial charge in [0.25, 0.3) is 0 Å². The van der Waals surface area contributed by atoms with Crippen molar-refractivity contribution < 1.29 is 4.74 Å². The lowest BCUT2D eigenvalue weighted by molar-refractivity contribution is 0.473. The summed E-state index contributed by atoms with van der Waals surface area (Å²) < 4.78 is 5.89. The van der Waals surface area contributed by atoms with E-state index in [-0.39, 0.29) is 0 Å². The Morgan fingerprint density at radius 3 is 2.29 bits per heavy atom. The SMILES string of the molecule is CCCNCc1cc(Cl)ccc1Oc1ccc(Cl)cc1Cl. The Balaban J connectivity index is 2.22. The predicted octanol–water partition coefficient (Wildman–Crippen LogP) is 5.94. The minimum atomic E-state index is 0.477. The Morgan fingerprint density at radius 1 is 0.952 bits per heavy atom. The maximum Gasteiger partial charge on any atom is 0.146 e. The molecule has 0 amide bonds. The van der Waals surface area contributed by atoms with Gasteiger partial charge in [0, 0.05) is 22.2 Å². The Labute approximate surface area is 140 Å². The monoisotopic (exact) mass is 343 g/mol. The topological polar surface area (TPSA) is 21.3 Å². The Morgan fingerprint density at radius 2 is 1.62 bits per heavy atom. The number of hydrogen-bond acceptors (Lipinski definition) is 2. The zero-order valence-corrected chi connectivity index (χ0v) is 13.9. The Kier molecular flexibility index (Phi) is 6.19. The normalized spacial score (nSPS) is 10.7. The third-order valence-corrected chi connectivity index (χ3v) is 3.64. The molecule has 0 aliphatic rings. The first-order valence-electron chi connectivity index (χ1n) is 6.72. The molecule has 0 heterocycles. The molecule has 2 aromatic rings. The minimum absolute atomic E-state index is 0.477. The second kappa shape index (κ2) is 7.90. The van der Waals surface area contributed by atoms with Crippen LogP contribution >= 0.6 is 34.8 Å². The molecule has 0 unspecified atom stereocenters. The molecule has 0 saturated heterocycles. The van der Waals surface area contributed by atoms with Crippen molar-refractivity contribution in [3.8, 4) is 11.5 Å². The van der Waals surface area contributed by atoms with Gasteiger partial charge in [-0.15, -0.1) is 0 Å².